The van der Waals surface area contributed by atoms with Crippen LogP contribution in [0.1, 0.15) is 29.2 Å². The van der Waals surface area contributed by atoms with Gasteiger partial charge in [0.2, 0.25) is 5.91 Å². The second-order valence-corrected chi connectivity index (χ2v) is 8.03. The summed E-state index contributed by atoms with van der Waals surface area (Å²) in [6.45, 7) is 0.627. The van der Waals surface area contributed by atoms with Gasteiger partial charge in [-0.2, -0.15) is 0 Å². The van der Waals surface area contributed by atoms with Gasteiger partial charge in [0, 0.05) is 18.3 Å². The number of amides is 2. The highest BCUT2D eigenvalue weighted by Crippen LogP contribution is 2.30. The topological polar surface area (TPSA) is 67.9 Å². The van der Waals surface area contributed by atoms with Crippen LogP contribution in [0.2, 0.25) is 0 Å². The largest absolute Gasteiger partial charge is 0.497 e. The number of hydrogen-bond acceptors (Lipinski definition) is 4. The molecule has 0 aromatic heterocycles. The maximum absolute atomic E-state index is 13.7. The van der Waals surface area contributed by atoms with Gasteiger partial charge in [0.25, 0.3) is 5.91 Å². The summed E-state index contributed by atoms with van der Waals surface area (Å²) < 4.78 is 10.6. The van der Waals surface area contributed by atoms with Crippen molar-refractivity contribution in [3.8, 4) is 11.5 Å². The Kier molecular flexibility index (Phi) is 6.93. The number of nitrogens with one attached hydrogen (secondary N) is 1. The van der Waals surface area contributed by atoms with Gasteiger partial charge >= 0.3 is 0 Å². The van der Waals surface area contributed by atoms with Crippen LogP contribution in [0.3, 0.4) is 0 Å². The van der Waals surface area contributed by atoms with Crippen molar-refractivity contribution < 1.29 is 19.1 Å². The van der Waals surface area contributed by atoms with Crippen molar-refractivity contribution in [3.63, 3.8) is 0 Å². The summed E-state index contributed by atoms with van der Waals surface area (Å²) in [6.07, 6.45) is 1.93. The molecule has 0 unspecified atom stereocenters. The standard InChI is InChI=1S/C27H28N2O4/c1-32-22-15-19(16-23(18-22)33-2)17-25(30)28-26(21-10-4-3-5-11-21)27(31)29-14-8-12-20-9-6-7-13-24(20)29/h3-7,9-11,13,15-16,18,26H,8,12,14,17H2,1-2H3,(H,28,30)/t26-/m0/s1. The van der Waals surface area contributed by atoms with E-state index in [4.69, 9.17) is 9.47 Å². The third-order valence-corrected chi connectivity index (χ3v) is 5.84. The van der Waals surface area contributed by atoms with Crippen LogP contribution >= 0.6 is 0 Å². The van der Waals surface area contributed by atoms with Gasteiger partial charge in [-0.1, -0.05) is 48.5 Å². The lowest BCUT2D eigenvalue weighted by Crippen LogP contribution is -2.45. The first kappa shape index (κ1) is 22.4. The lowest BCUT2D eigenvalue weighted by molar-refractivity contribution is -0.127. The molecule has 3 aromatic carbocycles. The molecular formula is C27H28N2O4. The molecule has 33 heavy (non-hydrogen) atoms. The van der Waals surface area contributed by atoms with Crippen molar-refractivity contribution in [2.45, 2.75) is 25.3 Å². The summed E-state index contributed by atoms with van der Waals surface area (Å²) in [5.74, 6) is 0.832. The van der Waals surface area contributed by atoms with Gasteiger partial charge in [-0.3, -0.25) is 9.59 Å². The first-order valence-corrected chi connectivity index (χ1v) is 11.0. The zero-order valence-corrected chi connectivity index (χ0v) is 18.9. The van der Waals surface area contributed by atoms with Crippen LogP contribution < -0.4 is 19.7 Å². The Bertz CT molecular complexity index is 1110. The van der Waals surface area contributed by atoms with Crippen LogP contribution in [0.4, 0.5) is 5.69 Å². The summed E-state index contributed by atoms with van der Waals surface area (Å²) in [5.41, 5.74) is 3.56. The van der Waals surface area contributed by atoms with Gasteiger partial charge in [-0.05, 0) is 47.7 Å². The number of fused-ring (bicyclic) bond motifs is 1. The summed E-state index contributed by atoms with van der Waals surface area (Å²) >= 11 is 0. The van der Waals surface area contributed by atoms with Crippen molar-refractivity contribution >= 4 is 17.5 Å². The van der Waals surface area contributed by atoms with Crippen molar-refractivity contribution in [2.24, 2.45) is 0 Å². The number of nitrogens with zero attached hydrogens (tertiary/aromatic N) is 1. The van der Waals surface area contributed by atoms with Crippen LogP contribution in [0, 0.1) is 0 Å². The molecule has 1 heterocycles. The SMILES string of the molecule is COc1cc(CC(=O)N[C@H](C(=O)N2CCCc3ccccc32)c2ccccc2)cc(OC)c1. The van der Waals surface area contributed by atoms with Crippen molar-refractivity contribution in [1.82, 2.24) is 5.32 Å². The molecule has 3 aromatic rings. The number of methoxy groups -OCH3 is 2. The average molecular weight is 445 g/mol. The summed E-state index contributed by atoms with van der Waals surface area (Å²) in [7, 11) is 3.14. The van der Waals surface area contributed by atoms with Crippen molar-refractivity contribution in [3.05, 3.63) is 89.5 Å². The number of hydrogen-bond donors (Lipinski definition) is 1. The molecule has 0 bridgehead atoms. The Morgan fingerprint density at radius 1 is 0.939 bits per heavy atom. The third kappa shape index (κ3) is 5.17. The number of anilines is 1. The van der Waals surface area contributed by atoms with Crippen molar-refractivity contribution in [2.75, 3.05) is 25.7 Å². The predicted molar refractivity (Wildman–Crippen MR) is 128 cm³/mol. The Labute approximate surface area is 194 Å². The second-order valence-electron chi connectivity index (χ2n) is 8.03. The molecule has 6 nitrogen and oxygen atoms in total. The molecule has 0 spiro atoms. The highest BCUT2D eigenvalue weighted by atomic mass is 16.5. The van der Waals surface area contributed by atoms with E-state index in [1.54, 1.807) is 37.3 Å². The Hall–Kier alpha value is -3.80. The summed E-state index contributed by atoms with van der Waals surface area (Å²) in [6, 6.07) is 21.9. The fourth-order valence-corrected chi connectivity index (χ4v) is 4.22. The Morgan fingerprint density at radius 2 is 1.61 bits per heavy atom. The maximum atomic E-state index is 13.7. The predicted octanol–water partition coefficient (Wildman–Crippen LogP) is 4.08. The molecule has 0 saturated carbocycles. The molecule has 0 fully saturated rings. The van der Waals surface area contributed by atoms with Gasteiger partial charge in [0.1, 0.15) is 17.5 Å². The van der Waals surface area contributed by atoms with E-state index in [1.165, 1.54) is 0 Å². The molecular weight excluding hydrogens is 416 g/mol. The van der Waals surface area contributed by atoms with Crippen LogP contribution in [-0.2, 0) is 22.4 Å². The van der Waals surface area contributed by atoms with Gasteiger partial charge in [0.15, 0.2) is 0 Å². The molecule has 0 radical (unpaired) electrons. The van der Waals surface area contributed by atoms with Gasteiger partial charge in [-0.15, -0.1) is 0 Å². The minimum Gasteiger partial charge on any atom is -0.497 e. The number of carbonyl (C=O) groups excluding carboxylic acids is 2. The Balaban J connectivity index is 1.59. The van der Waals surface area contributed by atoms with Crippen LogP contribution in [-0.4, -0.2) is 32.6 Å². The van der Waals surface area contributed by atoms with E-state index in [1.807, 2.05) is 48.5 Å². The second kappa shape index (κ2) is 10.2. The third-order valence-electron chi connectivity index (χ3n) is 5.84. The number of rotatable bonds is 7. The highest BCUT2D eigenvalue weighted by molar-refractivity contribution is 6.00. The summed E-state index contributed by atoms with van der Waals surface area (Å²) in [4.78, 5) is 28.6. The molecule has 170 valence electrons. The Morgan fingerprint density at radius 3 is 2.30 bits per heavy atom. The fraction of sp³-hybridized carbons (Fsp3) is 0.259. The number of carbonyl (C=O) groups is 2. The molecule has 0 saturated heterocycles. The number of aryl methyl sites for hydroxylation is 1. The lowest BCUT2D eigenvalue weighted by atomic mass is 9.99. The molecule has 2 amide bonds. The minimum absolute atomic E-state index is 0.0980. The normalized spacial score (nSPS) is 13.6. The van der Waals surface area contributed by atoms with Crippen LogP contribution in [0.25, 0.3) is 0 Å². The van der Waals surface area contributed by atoms with E-state index in [-0.39, 0.29) is 18.2 Å². The minimum atomic E-state index is -0.780. The molecule has 1 aliphatic rings. The zero-order chi connectivity index (χ0) is 23.2. The quantitative estimate of drug-likeness (QED) is 0.596. The van der Waals surface area contributed by atoms with E-state index in [0.29, 0.717) is 18.0 Å². The highest BCUT2D eigenvalue weighted by Gasteiger charge is 2.30. The monoisotopic (exact) mass is 444 g/mol. The smallest absolute Gasteiger partial charge is 0.254 e. The van der Waals surface area contributed by atoms with Crippen molar-refractivity contribution in [1.29, 1.82) is 0 Å². The molecule has 1 N–H and O–H groups in total. The van der Waals surface area contributed by atoms with Gasteiger partial charge in [-0.25, -0.2) is 0 Å². The first-order chi connectivity index (χ1) is 16.1. The number of benzene rings is 3. The maximum Gasteiger partial charge on any atom is 0.254 e. The molecule has 6 heteroatoms. The zero-order valence-electron chi connectivity index (χ0n) is 18.9. The summed E-state index contributed by atoms with van der Waals surface area (Å²) in [5, 5.41) is 2.97. The number of ether oxygens (including phenoxy) is 2. The lowest BCUT2D eigenvalue weighted by Gasteiger charge is -2.32. The van der Waals surface area contributed by atoms with Crippen LogP contribution in [0.5, 0.6) is 11.5 Å². The van der Waals surface area contributed by atoms with E-state index < -0.39 is 6.04 Å². The molecule has 0 aliphatic carbocycles. The number of para-hydroxylation sites is 1. The molecule has 1 aliphatic heterocycles. The molecule has 4 rings (SSSR count). The fourth-order valence-electron chi connectivity index (χ4n) is 4.22. The van der Waals surface area contributed by atoms with Gasteiger partial charge in [0.05, 0.1) is 20.6 Å². The van der Waals surface area contributed by atoms with E-state index in [2.05, 4.69) is 11.4 Å². The van der Waals surface area contributed by atoms with Gasteiger partial charge < -0.3 is 19.7 Å². The van der Waals surface area contributed by atoms with Crippen LogP contribution in [0.15, 0.2) is 72.8 Å². The van der Waals surface area contributed by atoms with E-state index in [9.17, 15) is 9.59 Å². The molecule has 1 atom stereocenters. The van der Waals surface area contributed by atoms with E-state index >= 15 is 0 Å². The first-order valence-electron chi connectivity index (χ1n) is 11.0. The van der Waals surface area contributed by atoms with E-state index in [0.717, 1.165) is 35.2 Å². The average Bonchev–Trinajstić information content (AvgIpc) is 2.86.